The molecule has 87 valence electrons. The highest BCUT2D eigenvalue weighted by atomic mass is 16.7. The Bertz CT molecular complexity index is 520. The molecule has 0 amide bonds. The van der Waals surface area contributed by atoms with E-state index in [1.54, 1.807) is 6.61 Å². The van der Waals surface area contributed by atoms with E-state index in [0.717, 1.165) is 4.57 Å². The smallest absolute Gasteiger partial charge is 0.330 e. The van der Waals surface area contributed by atoms with Crippen LogP contribution in [0.3, 0.4) is 0 Å². The van der Waals surface area contributed by atoms with Crippen LogP contribution in [0.1, 0.15) is 5.56 Å². The number of hydrogen-bond acceptors (Lipinski definition) is 5. The van der Waals surface area contributed by atoms with E-state index in [1.165, 1.54) is 13.1 Å². The van der Waals surface area contributed by atoms with Gasteiger partial charge in [-0.1, -0.05) is 0 Å². The fourth-order valence-corrected chi connectivity index (χ4v) is 1.23. The van der Waals surface area contributed by atoms with Crippen LogP contribution in [0.25, 0.3) is 0 Å². The number of aliphatic hydroxyl groups is 2. The van der Waals surface area contributed by atoms with Crippen molar-refractivity contribution in [2.24, 2.45) is 0 Å². The fourth-order valence-electron chi connectivity index (χ4n) is 1.23. The Balaban J connectivity index is 2.34. The quantitative estimate of drug-likeness (QED) is 0.583. The molecule has 1 aromatic rings. The second-order valence-electron chi connectivity index (χ2n) is 3.26. The van der Waals surface area contributed by atoms with Gasteiger partial charge in [0.25, 0.3) is 5.56 Å². The Morgan fingerprint density at radius 2 is 2.24 bits per heavy atom. The van der Waals surface area contributed by atoms with Gasteiger partial charge in [0.05, 0.1) is 6.42 Å². The van der Waals surface area contributed by atoms with Gasteiger partial charge in [-0.3, -0.25) is 14.3 Å². The van der Waals surface area contributed by atoms with Crippen LogP contribution in [-0.2, 0) is 4.74 Å². The molecule has 0 aromatic carbocycles. The molecule has 2 heterocycles. The number of aromatic nitrogens is 2. The van der Waals surface area contributed by atoms with Gasteiger partial charge in [0.15, 0.2) is 12.7 Å². The predicted octanol–water partition coefficient (Wildman–Crippen LogP) is -0.858. The van der Waals surface area contributed by atoms with E-state index >= 15 is 0 Å². The lowest BCUT2D eigenvalue weighted by atomic mass is 10.4. The zero-order valence-electron chi connectivity index (χ0n) is 8.64. The number of aromatic amines is 1. The summed E-state index contributed by atoms with van der Waals surface area (Å²) in [4.78, 5) is 24.7. The number of aryl methyl sites for hydroxylation is 1. The van der Waals surface area contributed by atoms with Crippen LogP contribution in [0.5, 0.6) is 0 Å². The first-order valence-corrected chi connectivity index (χ1v) is 4.51. The van der Waals surface area contributed by atoms with E-state index in [9.17, 15) is 14.7 Å². The van der Waals surface area contributed by atoms with Crippen molar-refractivity contribution in [3.63, 3.8) is 0 Å². The molecule has 0 saturated carbocycles. The van der Waals surface area contributed by atoms with Crippen LogP contribution in [0.15, 0.2) is 15.8 Å². The number of H-pyrrole nitrogens is 1. The lowest BCUT2D eigenvalue weighted by Gasteiger charge is -2.11. The summed E-state index contributed by atoms with van der Waals surface area (Å²) in [7, 11) is 0. The highest BCUT2D eigenvalue weighted by molar-refractivity contribution is 5.30. The van der Waals surface area contributed by atoms with Gasteiger partial charge in [-0.05, 0) is 6.92 Å². The molecule has 7 heteroatoms. The van der Waals surface area contributed by atoms with Gasteiger partial charge in [0, 0.05) is 11.8 Å². The van der Waals surface area contributed by atoms with Crippen LogP contribution in [-0.4, -0.2) is 19.8 Å². The maximum absolute atomic E-state index is 11.5. The van der Waals surface area contributed by atoms with Gasteiger partial charge in [0.1, 0.15) is 6.10 Å². The van der Waals surface area contributed by atoms with Crippen molar-refractivity contribution in [2.45, 2.75) is 6.92 Å². The zero-order valence-corrected chi connectivity index (χ0v) is 8.64. The predicted molar refractivity (Wildman–Crippen MR) is 52.6 cm³/mol. The highest BCUT2D eigenvalue weighted by Crippen LogP contribution is 2.36. The maximum Gasteiger partial charge on any atom is 0.330 e. The number of ether oxygens (including phenoxy) is 1. The van der Waals surface area contributed by atoms with Crippen molar-refractivity contribution in [1.82, 2.24) is 9.55 Å². The number of rotatable bonds is 2. The molecular formula is C10H7N2O5. The zero-order chi connectivity index (χ0) is 12.6. The van der Waals surface area contributed by atoms with Gasteiger partial charge < -0.3 is 14.9 Å². The molecule has 1 fully saturated rings. The fraction of sp³-hybridized carbons (Fsp3) is 0.100. The molecule has 0 unspecified atom stereocenters. The molecule has 1 aliphatic rings. The van der Waals surface area contributed by atoms with Gasteiger partial charge in [-0.25, -0.2) is 4.79 Å². The average Bonchev–Trinajstić information content (AvgIpc) is 2.65. The van der Waals surface area contributed by atoms with E-state index in [-0.39, 0.29) is 17.9 Å². The minimum atomic E-state index is -0.741. The summed E-state index contributed by atoms with van der Waals surface area (Å²) in [5.41, 5.74) is -0.968. The standard InChI is InChI=1S/C10H7N2O5/c1-5-3-12(10(16)11-9(5)15)8-2-6(14)7(4-13)17-8/h3,13-14H,1H3,(H,11,15,16)/i2+1,4+1,6+1,7+1,8+1. The van der Waals surface area contributed by atoms with E-state index in [2.05, 4.69) is 11.4 Å². The molecule has 0 atom stereocenters. The van der Waals surface area contributed by atoms with Crippen LogP contribution in [0.4, 0.5) is 0 Å². The van der Waals surface area contributed by atoms with Crippen LogP contribution < -0.4 is 11.2 Å². The molecule has 1 saturated heterocycles. The molecule has 7 radical (unpaired) electrons. The summed E-state index contributed by atoms with van der Waals surface area (Å²) >= 11 is 0. The van der Waals surface area contributed by atoms with Gasteiger partial charge in [-0.2, -0.15) is 0 Å². The largest absolute Gasteiger partial charge is 0.383 e. The van der Waals surface area contributed by atoms with Crippen molar-refractivity contribution in [3.05, 3.63) is 64.1 Å². The Morgan fingerprint density at radius 1 is 1.53 bits per heavy atom. The first-order valence-electron chi connectivity index (χ1n) is 4.51. The number of nitrogens with one attached hydrogen (secondary N) is 1. The van der Waals surface area contributed by atoms with Crippen LogP contribution >= 0.6 is 0 Å². The van der Waals surface area contributed by atoms with E-state index in [4.69, 9.17) is 9.84 Å². The van der Waals surface area contributed by atoms with Crippen molar-refractivity contribution < 1.29 is 14.9 Å². The minimum Gasteiger partial charge on any atom is -0.383 e. The molecule has 1 aromatic heterocycles. The minimum absolute atomic E-state index is 0.164. The van der Waals surface area contributed by atoms with Crippen molar-refractivity contribution in [2.75, 3.05) is 0 Å². The van der Waals surface area contributed by atoms with Crippen molar-refractivity contribution in [1.29, 1.82) is 0 Å². The highest BCUT2D eigenvalue weighted by Gasteiger charge is 2.40. The lowest BCUT2D eigenvalue weighted by Crippen LogP contribution is -2.33. The van der Waals surface area contributed by atoms with Crippen LogP contribution in [0, 0.1) is 38.4 Å². The van der Waals surface area contributed by atoms with Gasteiger partial charge in [-0.15, -0.1) is 0 Å². The van der Waals surface area contributed by atoms with Crippen molar-refractivity contribution in [3.8, 4) is 0 Å². The van der Waals surface area contributed by atoms with Gasteiger partial charge in [0.2, 0.25) is 6.23 Å². The van der Waals surface area contributed by atoms with Crippen molar-refractivity contribution >= 4 is 0 Å². The number of nitrogens with zero attached hydrogens (tertiary/aromatic N) is 1. The third-order valence-electron chi connectivity index (χ3n) is 2.08. The molecule has 0 spiro atoms. The first-order chi connectivity index (χ1) is 8.02. The average molecular weight is 240 g/mol. The molecule has 1 aliphatic heterocycles. The Morgan fingerprint density at radius 3 is 2.82 bits per heavy atom. The summed E-state index contributed by atoms with van der Waals surface area (Å²) in [6.07, 6.45) is 2.54. The summed E-state index contributed by atoms with van der Waals surface area (Å²) < 4.78 is 5.84. The Hall–Kier alpha value is -1.44. The normalized spacial score (nSPS) is 19.0. The summed E-state index contributed by atoms with van der Waals surface area (Å²) in [6.45, 7) is 3.10. The monoisotopic (exact) mass is 240 g/mol. The van der Waals surface area contributed by atoms with E-state index in [0.29, 0.717) is 0 Å². The molecule has 0 bridgehead atoms. The molecule has 3 N–H and O–H groups in total. The summed E-state index contributed by atoms with van der Waals surface area (Å²) in [5, 5.41) is 17.8. The Kier molecular flexibility index (Phi) is 3.14. The molecule has 2 rings (SSSR count). The molecule has 17 heavy (non-hydrogen) atoms. The second kappa shape index (κ2) is 4.44. The SMILES string of the molecule is Cc1cn([13C]2[13C][13C](O)[13C]([13C]O)O2)c(=O)[nH]c1=O. The van der Waals surface area contributed by atoms with Crippen LogP contribution in [0.2, 0.25) is 0 Å². The molecule has 0 aliphatic carbocycles. The third-order valence-corrected chi connectivity index (χ3v) is 2.08. The second-order valence-corrected chi connectivity index (χ2v) is 3.26. The lowest BCUT2D eigenvalue weighted by molar-refractivity contribution is 0.143. The summed E-state index contributed by atoms with van der Waals surface area (Å²) in [5.74, 6) is 0. The van der Waals surface area contributed by atoms with E-state index in [1.807, 2.05) is 0 Å². The van der Waals surface area contributed by atoms with Gasteiger partial charge >= 0.3 is 5.69 Å². The number of aliphatic hydroxyl groups excluding tert-OH is 2. The number of hydrogen-bond donors (Lipinski definition) is 3. The molecular weight excluding hydrogens is 233 g/mol. The summed E-state index contributed by atoms with van der Waals surface area (Å²) in [6, 6.07) is 0. The Labute approximate surface area is 96.3 Å². The molecule has 7 nitrogen and oxygen atoms in total. The first kappa shape index (κ1) is 12.0. The van der Waals surface area contributed by atoms with E-state index < -0.39 is 17.4 Å². The maximum atomic E-state index is 11.5. The third kappa shape index (κ3) is 2.17. The topological polar surface area (TPSA) is 105 Å².